The highest BCUT2D eigenvalue weighted by molar-refractivity contribution is 7.71. The van der Waals surface area contributed by atoms with Crippen molar-refractivity contribution in [3.05, 3.63) is 10.6 Å². The maximum Gasteiger partial charge on any atom is 0.195 e. The van der Waals surface area contributed by atoms with Crippen molar-refractivity contribution < 1.29 is 4.74 Å². The molecule has 4 nitrogen and oxygen atoms in total. The molecule has 4 saturated carbocycles. The fourth-order valence-corrected chi connectivity index (χ4v) is 5.98. The first-order valence-corrected chi connectivity index (χ1v) is 8.71. The second kappa shape index (κ2) is 5.20. The molecule has 4 bridgehead atoms. The average Bonchev–Trinajstić information content (AvgIpc) is 2.75. The van der Waals surface area contributed by atoms with Crippen molar-refractivity contribution in [2.75, 3.05) is 13.7 Å². The average molecular weight is 307 g/mol. The van der Waals surface area contributed by atoms with Crippen molar-refractivity contribution in [1.29, 1.82) is 0 Å². The summed E-state index contributed by atoms with van der Waals surface area (Å²) in [7, 11) is 1.74. The fraction of sp³-hybridized carbons (Fsp3) is 0.875. The molecule has 4 aliphatic carbocycles. The SMILES string of the molecule is COCCn1c(CC23CC4CC(CC(C4)C2)C3)n[nH]c1=S. The van der Waals surface area contributed by atoms with Gasteiger partial charge >= 0.3 is 0 Å². The van der Waals surface area contributed by atoms with Gasteiger partial charge in [0.2, 0.25) is 0 Å². The normalized spacial score (nSPS) is 37.3. The summed E-state index contributed by atoms with van der Waals surface area (Å²) < 4.78 is 8.10. The molecule has 0 radical (unpaired) electrons. The van der Waals surface area contributed by atoms with Crippen LogP contribution in [0, 0.1) is 27.9 Å². The van der Waals surface area contributed by atoms with Gasteiger partial charge in [0.1, 0.15) is 5.82 Å². The van der Waals surface area contributed by atoms with E-state index >= 15 is 0 Å². The molecular formula is C16H25N3OS. The topological polar surface area (TPSA) is 42.8 Å². The first-order chi connectivity index (χ1) is 10.2. The summed E-state index contributed by atoms with van der Waals surface area (Å²) in [6.45, 7) is 1.51. The summed E-state index contributed by atoms with van der Waals surface area (Å²) in [6, 6.07) is 0. The van der Waals surface area contributed by atoms with Crippen LogP contribution in [0.2, 0.25) is 0 Å². The molecule has 0 aliphatic heterocycles. The van der Waals surface area contributed by atoms with Crippen molar-refractivity contribution in [2.45, 2.75) is 51.5 Å². The van der Waals surface area contributed by atoms with Gasteiger partial charge in [0.05, 0.1) is 6.61 Å². The van der Waals surface area contributed by atoms with Gasteiger partial charge in [0, 0.05) is 20.1 Å². The van der Waals surface area contributed by atoms with Crippen molar-refractivity contribution in [3.8, 4) is 0 Å². The summed E-state index contributed by atoms with van der Waals surface area (Å²) in [5.74, 6) is 4.13. The Balaban J connectivity index is 1.57. The van der Waals surface area contributed by atoms with E-state index < -0.39 is 0 Å². The molecule has 0 amide bonds. The minimum atomic E-state index is 0.514. The minimum absolute atomic E-state index is 0.514. The van der Waals surface area contributed by atoms with Crippen LogP contribution in [0.25, 0.3) is 0 Å². The Morgan fingerprint density at radius 3 is 2.43 bits per heavy atom. The van der Waals surface area contributed by atoms with Gasteiger partial charge in [-0.2, -0.15) is 5.10 Å². The summed E-state index contributed by atoms with van der Waals surface area (Å²) in [6.07, 6.45) is 9.85. The number of H-pyrrole nitrogens is 1. The zero-order valence-corrected chi connectivity index (χ0v) is 13.6. The minimum Gasteiger partial charge on any atom is -0.383 e. The molecule has 21 heavy (non-hydrogen) atoms. The number of ether oxygens (including phenoxy) is 1. The van der Waals surface area contributed by atoms with Gasteiger partial charge in [0.15, 0.2) is 4.77 Å². The molecule has 1 heterocycles. The number of nitrogens with one attached hydrogen (secondary N) is 1. The van der Waals surface area contributed by atoms with Crippen LogP contribution in [0.3, 0.4) is 0 Å². The number of hydrogen-bond donors (Lipinski definition) is 1. The van der Waals surface area contributed by atoms with E-state index in [1.54, 1.807) is 7.11 Å². The second-order valence-corrected chi connectivity index (χ2v) is 8.07. The van der Waals surface area contributed by atoms with Crippen LogP contribution < -0.4 is 0 Å². The highest BCUT2D eigenvalue weighted by Crippen LogP contribution is 2.60. The third kappa shape index (κ3) is 2.48. The molecule has 1 N–H and O–H groups in total. The Morgan fingerprint density at radius 1 is 1.24 bits per heavy atom. The van der Waals surface area contributed by atoms with E-state index in [0.717, 1.165) is 41.3 Å². The molecule has 1 aromatic rings. The zero-order chi connectivity index (χ0) is 14.4. The van der Waals surface area contributed by atoms with Crippen molar-refractivity contribution in [3.63, 3.8) is 0 Å². The third-order valence-electron chi connectivity index (χ3n) is 6.05. The van der Waals surface area contributed by atoms with E-state index in [4.69, 9.17) is 17.0 Å². The molecule has 0 saturated heterocycles. The lowest BCUT2D eigenvalue weighted by molar-refractivity contribution is -0.0536. The van der Waals surface area contributed by atoms with Gasteiger partial charge < -0.3 is 9.30 Å². The van der Waals surface area contributed by atoms with Crippen molar-refractivity contribution in [1.82, 2.24) is 14.8 Å². The summed E-state index contributed by atoms with van der Waals surface area (Å²) in [4.78, 5) is 0. The van der Waals surface area contributed by atoms with Crippen molar-refractivity contribution in [2.24, 2.45) is 23.2 Å². The van der Waals surface area contributed by atoms with Crippen LogP contribution in [-0.2, 0) is 17.7 Å². The van der Waals surface area contributed by atoms with Gasteiger partial charge in [-0.25, -0.2) is 0 Å². The molecule has 4 fully saturated rings. The quantitative estimate of drug-likeness (QED) is 0.848. The number of hydrogen-bond acceptors (Lipinski definition) is 3. The van der Waals surface area contributed by atoms with Crippen LogP contribution in [0.4, 0.5) is 0 Å². The van der Waals surface area contributed by atoms with Gasteiger partial charge in [-0.1, -0.05) is 0 Å². The Labute approximate surface area is 131 Å². The van der Waals surface area contributed by atoms with E-state index in [9.17, 15) is 0 Å². The highest BCUT2D eigenvalue weighted by atomic mass is 32.1. The number of aromatic amines is 1. The maximum atomic E-state index is 5.38. The van der Waals surface area contributed by atoms with E-state index in [1.165, 1.54) is 38.5 Å². The van der Waals surface area contributed by atoms with E-state index in [2.05, 4.69) is 14.8 Å². The van der Waals surface area contributed by atoms with E-state index in [-0.39, 0.29) is 0 Å². The number of nitrogens with zero attached hydrogens (tertiary/aromatic N) is 2. The van der Waals surface area contributed by atoms with Crippen LogP contribution in [0.1, 0.15) is 44.3 Å². The first kappa shape index (κ1) is 13.9. The Morgan fingerprint density at radius 2 is 1.86 bits per heavy atom. The third-order valence-corrected chi connectivity index (χ3v) is 6.37. The first-order valence-electron chi connectivity index (χ1n) is 8.30. The molecule has 4 aliphatic rings. The predicted molar refractivity (Wildman–Crippen MR) is 83.6 cm³/mol. The second-order valence-electron chi connectivity index (χ2n) is 7.68. The molecular weight excluding hydrogens is 282 g/mol. The smallest absolute Gasteiger partial charge is 0.195 e. The van der Waals surface area contributed by atoms with Crippen molar-refractivity contribution >= 4 is 12.2 Å². The van der Waals surface area contributed by atoms with Gasteiger partial charge in [-0.15, -0.1) is 0 Å². The fourth-order valence-electron chi connectivity index (χ4n) is 5.74. The Hall–Kier alpha value is -0.680. The van der Waals surface area contributed by atoms with Crippen LogP contribution >= 0.6 is 12.2 Å². The molecule has 0 unspecified atom stereocenters. The van der Waals surface area contributed by atoms with Crippen LogP contribution in [-0.4, -0.2) is 28.5 Å². The molecule has 5 rings (SSSR count). The maximum absolute atomic E-state index is 5.38. The van der Waals surface area contributed by atoms with Crippen LogP contribution in [0.5, 0.6) is 0 Å². The summed E-state index contributed by atoms with van der Waals surface area (Å²) in [5.41, 5.74) is 0.514. The number of methoxy groups -OCH3 is 1. The largest absolute Gasteiger partial charge is 0.383 e. The monoisotopic (exact) mass is 307 g/mol. The summed E-state index contributed by atoms with van der Waals surface area (Å²) in [5, 5.41) is 7.52. The molecule has 5 heteroatoms. The van der Waals surface area contributed by atoms with E-state index in [0.29, 0.717) is 12.0 Å². The molecule has 0 spiro atoms. The lowest BCUT2D eigenvalue weighted by Gasteiger charge is -2.56. The summed E-state index contributed by atoms with van der Waals surface area (Å²) >= 11 is 5.38. The lowest BCUT2D eigenvalue weighted by Crippen LogP contribution is -2.47. The highest BCUT2D eigenvalue weighted by Gasteiger charge is 2.51. The van der Waals surface area contributed by atoms with Gasteiger partial charge in [0.25, 0.3) is 0 Å². The lowest BCUT2D eigenvalue weighted by atomic mass is 9.49. The van der Waals surface area contributed by atoms with Crippen LogP contribution in [0.15, 0.2) is 0 Å². The zero-order valence-electron chi connectivity index (χ0n) is 12.8. The predicted octanol–water partition coefficient (Wildman–Crippen LogP) is 3.35. The van der Waals surface area contributed by atoms with E-state index in [1.807, 2.05) is 0 Å². The standard InChI is InChI=1S/C16H25N3OS/c1-20-3-2-19-14(17-18-15(19)21)10-16-7-11-4-12(8-16)6-13(5-11)9-16/h11-13H,2-10H2,1H3,(H,18,21). The number of rotatable bonds is 5. The Bertz CT molecular complexity index is 541. The Kier molecular flexibility index (Phi) is 3.45. The molecule has 116 valence electrons. The number of aromatic nitrogens is 3. The molecule has 0 atom stereocenters. The molecule has 0 aromatic carbocycles. The molecule has 1 aromatic heterocycles. The van der Waals surface area contributed by atoms with Gasteiger partial charge in [-0.3, -0.25) is 5.10 Å². The van der Waals surface area contributed by atoms with Gasteiger partial charge in [-0.05, 0) is 73.9 Å².